The molecular weight excluding hydrogens is 142 g/mol. The molecule has 0 saturated heterocycles. The number of aliphatic hydroxyl groups is 1. The van der Waals surface area contributed by atoms with Gasteiger partial charge >= 0.3 is 11.9 Å². The molecule has 0 heterocycles. The van der Waals surface area contributed by atoms with E-state index < -0.39 is 24.1 Å². The van der Waals surface area contributed by atoms with Crippen molar-refractivity contribution in [2.75, 3.05) is 0 Å². The molecule has 0 aliphatic rings. The van der Waals surface area contributed by atoms with Gasteiger partial charge in [-0.25, -0.2) is 4.79 Å². The van der Waals surface area contributed by atoms with Crippen LogP contribution in [0.2, 0.25) is 0 Å². The zero-order valence-corrected chi connectivity index (χ0v) is 4.89. The van der Waals surface area contributed by atoms with Gasteiger partial charge in [0.05, 0.1) is 0 Å². The van der Waals surface area contributed by atoms with Crippen molar-refractivity contribution in [3.8, 4) is 0 Å². The Labute approximate surface area is 55.9 Å². The van der Waals surface area contributed by atoms with Crippen LogP contribution in [0.3, 0.4) is 0 Å². The Kier molecular flexibility index (Phi) is 2.78. The van der Waals surface area contributed by atoms with E-state index in [9.17, 15) is 9.59 Å². The van der Waals surface area contributed by atoms with Crippen LogP contribution in [0, 0.1) is 0 Å². The Balaban J connectivity index is 4.07. The van der Waals surface area contributed by atoms with Gasteiger partial charge in [0.1, 0.15) is 6.04 Å². The van der Waals surface area contributed by atoms with Crippen molar-refractivity contribution >= 4 is 11.9 Å². The monoisotopic (exact) mass is 149 g/mol. The average molecular weight is 149 g/mol. The fraction of sp³-hybridized carbons (Fsp3) is 0.500. The number of hydrogen-bond acceptors (Lipinski definition) is 4. The van der Waals surface area contributed by atoms with E-state index in [1.54, 1.807) is 0 Å². The fourth-order valence-corrected chi connectivity index (χ4v) is 0.289. The van der Waals surface area contributed by atoms with Gasteiger partial charge in [0.25, 0.3) is 0 Å². The smallest absolute Gasteiger partial charge is 0.334 e. The minimum Gasteiger partial charge on any atom is -0.480 e. The molecule has 6 nitrogen and oxygen atoms in total. The number of rotatable bonds is 3. The topological polar surface area (TPSA) is 121 Å². The normalized spacial score (nSPS) is 15.8. The van der Waals surface area contributed by atoms with Crippen molar-refractivity contribution in [1.82, 2.24) is 0 Å². The second kappa shape index (κ2) is 3.14. The van der Waals surface area contributed by atoms with Crippen molar-refractivity contribution in [3.63, 3.8) is 0 Å². The molecule has 0 aliphatic carbocycles. The van der Waals surface area contributed by atoms with E-state index in [1.807, 2.05) is 0 Å². The summed E-state index contributed by atoms with van der Waals surface area (Å²) in [5, 5.41) is 24.5. The van der Waals surface area contributed by atoms with Crippen molar-refractivity contribution in [1.29, 1.82) is 0 Å². The summed E-state index contributed by atoms with van der Waals surface area (Å²) in [6, 6.07) is -1.77. The molecule has 10 heavy (non-hydrogen) atoms. The van der Waals surface area contributed by atoms with E-state index >= 15 is 0 Å². The van der Waals surface area contributed by atoms with E-state index in [4.69, 9.17) is 21.1 Å². The molecule has 0 rings (SSSR count). The van der Waals surface area contributed by atoms with E-state index in [1.165, 1.54) is 0 Å². The van der Waals surface area contributed by atoms with Gasteiger partial charge in [-0.3, -0.25) is 4.79 Å². The second-order valence-electron chi connectivity index (χ2n) is 1.65. The highest BCUT2D eigenvalue weighted by atomic mass is 16.4. The van der Waals surface area contributed by atoms with Gasteiger partial charge in [0, 0.05) is 0 Å². The van der Waals surface area contributed by atoms with Crippen molar-refractivity contribution in [2.24, 2.45) is 5.73 Å². The van der Waals surface area contributed by atoms with Crippen molar-refractivity contribution in [3.05, 3.63) is 0 Å². The standard InChI is InChI=1S/C4H7NO5/c5-1(3(7)8)2(6)4(9)10/h1-2,6H,5H2,(H,7,8)(H,9,10)/t1-,2+/m1/s1. The molecule has 6 heteroatoms. The van der Waals surface area contributed by atoms with Gasteiger partial charge in [0.15, 0.2) is 6.10 Å². The highest BCUT2D eigenvalue weighted by molar-refractivity contribution is 5.83. The van der Waals surface area contributed by atoms with Gasteiger partial charge in [-0.1, -0.05) is 0 Å². The average Bonchev–Trinajstić information content (AvgIpc) is 1.84. The first-order valence-electron chi connectivity index (χ1n) is 2.36. The summed E-state index contributed by atoms with van der Waals surface area (Å²) in [5.74, 6) is -3.19. The lowest BCUT2D eigenvalue weighted by Gasteiger charge is -2.08. The maximum Gasteiger partial charge on any atom is 0.334 e. The van der Waals surface area contributed by atoms with Gasteiger partial charge in [-0.05, 0) is 0 Å². The van der Waals surface area contributed by atoms with Crippen LogP contribution in [-0.4, -0.2) is 39.4 Å². The molecule has 0 saturated carbocycles. The summed E-state index contributed by atoms with van der Waals surface area (Å²) >= 11 is 0. The highest BCUT2D eigenvalue weighted by Gasteiger charge is 2.27. The predicted molar refractivity (Wildman–Crippen MR) is 29.3 cm³/mol. The summed E-state index contributed by atoms with van der Waals surface area (Å²) < 4.78 is 0. The number of carboxylic acid groups (broad SMARTS) is 2. The molecule has 0 radical (unpaired) electrons. The van der Waals surface area contributed by atoms with Crippen LogP contribution in [0.25, 0.3) is 0 Å². The minimum absolute atomic E-state index is 1.55. The lowest BCUT2D eigenvalue weighted by atomic mass is 10.2. The van der Waals surface area contributed by atoms with Gasteiger partial charge in [-0.2, -0.15) is 0 Å². The number of nitrogens with two attached hydrogens (primary N) is 1. The fourth-order valence-electron chi connectivity index (χ4n) is 0.289. The molecule has 2 atom stereocenters. The van der Waals surface area contributed by atoms with E-state index in [0.29, 0.717) is 0 Å². The quantitative estimate of drug-likeness (QED) is 0.363. The Hall–Kier alpha value is -1.14. The molecule has 5 N–H and O–H groups in total. The van der Waals surface area contributed by atoms with E-state index in [2.05, 4.69) is 0 Å². The first-order chi connectivity index (χ1) is 4.46. The summed E-state index contributed by atoms with van der Waals surface area (Å²) in [6.07, 6.45) is -2.04. The molecule has 0 aromatic heterocycles. The van der Waals surface area contributed by atoms with E-state index in [-0.39, 0.29) is 0 Å². The van der Waals surface area contributed by atoms with Crippen LogP contribution in [-0.2, 0) is 9.59 Å². The van der Waals surface area contributed by atoms with Crippen LogP contribution >= 0.6 is 0 Å². The van der Waals surface area contributed by atoms with Crippen LogP contribution in [0.15, 0.2) is 0 Å². The Morgan fingerprint density at radius 2 is 1.60 bits per heavy atom. The molecule has 0 unspecified atom stereocenters. The largest absolute Gasteiger partial charge is 0.480 e. The first kappa shape index (κ1) is 8.86. The third-order valence-electron chi connectivity index (χ3n) is 0.878. The SMILES string of the molecule is N[C@@H](C(=O)O)[C@H](O)C(=O)O. The maximum absolute atomic E-state index is 9.90. The third kappa shape index (κ3) is 2.00. The predicted octanol–water partition coefficient (Wildman–Crippen LogP) is -2.16. The molecule has 0 spiro atoms. The summed E-state index contributed by atoms with van der Waals surface area (Å²) in [4.78, 5) is 19.7. The van der Waals surface area contributed by atoms with Crippen molar-refractivity contribution < 1.29 is 24.9 Å². The number of carboxylic acids is 2. The molecule has 0 aliphatic heterocycles. The minimum atomic E-state index is -2.04. The number of aliphatic hydroxyl groups excluding tert-OH is 1. The molecule has 0 aromatic carbocycles. The number of carbonyl (C=O) groups is 2. The summed E-state index contributed by atoms with van der Waals surface area (Å²) in [6.45, 7) is 0. The second-order valence-corrected chi connectivity index (χ2v) is 1.65. The van der Waals surface area contributed by atoms with Gasteiger partial charge in [-0.15, -0.1) is 0 Å². The molecule has 58 valence electrons. The van der Waals surface area contributed by atoms with Gasteiger partial charge in [0.2, 0.25) is 0 Å². The Morgan fingerprint density at radius 1 is 1.20 bits per heavy atom. The lowest BCUT2D eigenvalue weighted by Crippen LogP contribution is -2.46. The van der Waals surface area contributed by atoms with Crippen LogP contribution in [0.1, 0.15) is 0 Å². The van der Waals surface area contributed by atoms with E-state index in [0.717, 1.165) is 0 Å². The van der Waals surface area contributed by atoms with Crippen molar-refractivity contribution in [2.45, 2.75) is 12.1 Å². The molecule has 0 aromatic rings. The van der Waals surface area contributed by atoms with Crippen LogP contribution in [0.4, 0.5) is 0 Å². The zero-order valence-electron chi connectivity index (χ0n) is 4.89. The zero-order chi connectivity index (χ0) is 8.31. The molecule has 0 amide bonds. The first-order valence-corrected chi connectivity index (χ1v) is 2.36. The van der Waals surface area contributed by atoms with Gasteiger partial charge < -0.3 is 21.1 Å². The summed E-state index contributed by atoms with van der Waals surface area (Å²) in [7, 11) is 0. The third-order valence-corrected chi connectivity index (χ3v) is 0.878. The summed E-state index contributed by atoms with van der Waals surface area (Å²) in [5.41, 5.74) is 4.73. The number of hydrogen-bond donors (Lipinski definition) is 4. The van der Waals surface area contributed by atoms with Crippen LogP contribution in [0.5, 0.6) is 0 Å². The maximum atomic E-state index is 9.90. The Bertz CT molecular complexity index is 138. The lowest BCUT2D eigenvalue weighted by molar-refractivity contribution is -0.154. The molecular formula is C4H7NO5. The Morgan fingerprint density at radius 3 is 1.70 bits per heavy atom. The molecule has 0 fully saturated rings. The molecule has 0 bridgehead atoms. The highest BCUT2D eigenvalue weighted by Crippen LogP contribution is 1.89. The van der Waals surface area contributed by atoms with Crippen LogP contribution < -0.4 is 5.73 Å². The number of aliphatic carboxylic acids is 2.